The van der Waals surface area contributed by atoms with Crippen molar-refractivity contribution in [3.05, 3.63) is 70.5 Å². The van der Waals surface area contributed by atoms with E-state index in [1.165, 1.54) is 4.90 Å². The summed E-state index contributed by atoms with van der Waals surface area (Å²) in [7, 11) is 0. The Kier molecular flexibility index (Phi) is 17.8. The zero-order valence-electron chi connectivity index (χ0n) is 42.2. The third-order valence-corrected chi connectivity index (χ3v) is 14.8. The summed E-state index contributed by atoms with van der Waals surface area (Å²) >= 11 is 9.43. The number of ether oxygens (including phenoxy) is 1. The number of benzene rings is 2. The van der Waals surface area contributed by atoms with Gasteiger partial charge in [0.2, 0.25) is 29.5 Å². The molecule has 0 saturated carbocycles. The number of aromatic nitrogens is 3. The fourth-order valence-electron chi connectivity index (χ4n) is 8.28. The Hall–Kier alpha value is -6.03. The van der Waals surface area contributed by atoms with Crippen molar-refractivity contribution >= 4 is 87.7 Å². The number of piperidine rings is 1. The molecule has 6 rings (SSSR count). The number of likely N-dealkylation sites (tertiary alicyclic amines) is 1. The number of aliphatic hydroxyl groups excluding tert-OH is 1. The minimum absolute atomic E-state index is 0.0362. The lowest BCUT2D eigenvalue weighted by atomic mass is 9.85. The Morgan fingerprint density at radius 3 is 2.31 bits per heavy atom. The van der Waals surface area contributed by atoms with Gasteiger partial charge in [-0.2, -0.15) is 0 Å². The van der Waals surface area contributed by atoms with E-state index < -0.39 is 82.8 Å². The van der Waals surface area contributed by atoms with Gasteiger partial charge < -0.3 is 52.0 Å². The molecule has 0 spiro atoms. The van der Waals surface area contributed by atoms with Crippen LogP contribution in [0.2, 0.25) is 5.02 Å². The van der Waals surface area contributed by atoms with Crippen LogP contribution in [0.1, 0.15) is 105 Å². The van der Waals surface area contributed by atoms with Gasteiger partial charge in [-0.15, -0.1) is 11.3 Å². The minimum atomic E-state index is -1.07. The number of hydrogen-bond acceptors (Lipinski definition) is 15. The highest BCUT2D eigenvalue weighted by Gasteiger charge is 2.45. The SMILES string of the molecule is Cc1ncsc1-c1ccc([C@H](C)NC(=O)[C@@H]2C[C@@H](O)CN2C(=O)[C@@H](NC(=O)CCNC(=O)CC(=O)Nc2cccc(Sc3ncc(N4CCC(C)(NC(=O)OC(C)(C)C)CC4)nc3N)c2Cl)C(C)(C)C)cc1. The first-order valence-corrected chi connectivity index (χ1v) is 25.9. The Labute approximate surface area is 433 Å². The topological polar surface area (TPSA) is 263 Å². The molecule has 2 aliphatic rings. The Bertz CT molecular complexity index is 2630. The normalized spacial score (nSPS) is 17.6. The van der Waals surface area contributed by atoms with Crippen molar-refractivity contribution in [1.29, 1.82) is 0 Å². The summed E-state index contributed by atoms with van der Waals surface area (Å²) < 4.78 is 5.44. The molecule has 0 aliphatic carbocycles. The van der Waals surface area contributed by atoms with Crippen LogP contribution in [0.4, 0.5) is 22.1 Å². The number of anilines is 3. The molecule has 2 aliphatic heterocycles. The van der Waals surface area contributed by atoms with Crippen LogP contribution in [0, 0.1) is 12.3 Å². The average molecular weight is 1050 g/mol. The predicted octanol–water partition coefficient (Wildman–Crippen LogP) is 6.38. The smallest absolute Gasteiger partial charge is 0.408 e. The van der Waals surface area contributed by atoms with Crippen LogP contribution in [-0.2, 0) is 28.7 Å². The van der Waals surface area contributed by atoms with Gasteiger partial charge in [0.15, 0.2) is 5.82 Å². The molecule has 0 radical (unpaired) electrons. The number of amides is 6. The molecular formula is C50H66ClN11O8S2. The van der Waals surface area contributed by atoms with Crippen molar-refractivity contribution < 1.29 is 38.6 Å². The second kappa shape index (κ2) is 23.2. The van der Waals surface area contributed by atoms with Crippen molar-refractivity contribution in [2.75, 3.05) is 42.1 Å². The van der Waals surface area contributed by atoms with Crippen LogP contribution >= 0.6 is 34.7 Å². The van der Waals surface area contributed by atoms with Gasteiger partial charge in [-0.1, -0.05) is 74.5 Å². The van der Waals surface area contributed by atoms with Crippen LogP contribution < -0.4 is 37.2 Å². The molecule has 2 saturated heterocycles. The molecule has 4 atom stereocenters. The molecule has 4 heterocycles. The molecule has 0 bridgehead atoms. The number of aryl methyl sites for hydroxylation is 1. The molecule has 0 unspecified atom stereocenters. The van der Waals surface area contributed by atoms with E-state index in [1.54, 1.807) is 62.0 Å². The van der Waals surface area contributed by atoms with Gasteiger partial charge in [0.05, 0.1) is 45.1 Å². The zero-order chi connectivity index (χ0) is 52.7. The van der Waals surface area contributed by atoms with Crippen LogP contribution in [0.5, 0.6) is 0 Å². The van der Waals surface area contributed by atoms with Crippen LogP contribution in [0.25, 0.3) is 10.4 Å². The Balaban J connectivity index is 0.955. The number of alkyl carbamates (subject to hydrolysis) is 1. The maximum absolute atomic E-state index is 14.1. The quantitative estimate of drug-likeness (QED) is 0.0601. The molecular weight excluding hydrogens is 982 g/mol. The van der Waals surface area contributed by atoms with E-state index >= 15 is 0 Å². The van der Waals surface area contributed by atoms with Crippen LogP contribution in [0.15, 0.2) is 64.1 Å². The lowest BCUT2D eigenvalue weighted by Crippen LogP contribution is -2.58. The molecule has 388 valence electrons. The number of hydrogen-bond donors (Lipinski definition) is 7. The van der Waals surface area contributed by atoms with Crippen molar-refractivity contribution in [3.8, 4) is 10.4 Å². The van der Waals surface area contributed by atoms with Gasteiger partial charge in [0.25, 0.3) is 0 Å². The van der Waals surface area contributed by atoms with Crippen LogP contribution in [-0.4, -0.2) is 116 Å². The highest BCUT2D eigenvalue weighted by molar-refractivity contribution is 7.99. The monoisotopic (exact) mass is 1050 g/mol. The van der Waals surface area contributed by atoms with E-state index in [4.69, 9.17) is 22.1 Å². The second-order valence-electron chi connectivity index (χ2n) is 20.5. The first-order chi connectivity index (χ1) is 33.8. The largest absolute Gasteiger partial charge is 0.444 e. The zero-order valence-corrected chi connectivity index (χ0v) is 44.6. The standard InChI is InChI=1S/C50H66ClN11O8S2/c1-28(30-13-15-31(16-14-30)41-29(2)55-27-71-41)56-44(67)34-23-32(63)26-62(34)46(68)42(48(3,4)5)59-37(64)17-20-53-38(65)24-39(66)57-33-11-10-12-35(40(33)51)72-45-43(52)58-36(25-54-45)61-21-18-50(9,19-22-61)60-47(69)70-49(6,7)8/h10-16,25,27-28,32,34,42,63H,17-24,26H2,1-9H3,(H2,52,58)(H,53,65)(H,56,67)(H,57,66)(H,59,64)(H,60,69)/t28-,32+,34-,42+/m0/s1. The number of halogens is 1. The molecule has 22 heteroatoms. The number of aliphatic hydroxyl groups is 1. The number of carbonyl (C=O) groups excluding carboxylic acids is 6. The third kappa shape index (κ3) is 14.8. The van der Waals surface area contributed by atoms with Gasteiger partial charge in [-0.25, -0.2) is 19.7 Å². The van der Waals surface area contributed by atoms with E-state index in [2.05, 4.69) is 41.5 Å². The lowest BCUT2D eigenvalue weighted by Gasteiger charge is -2.40. The number of rotatable bonds is 16. The van der Waals surface area contributed by atoms with Gasteiger partial charge in [-0.05, 0) is 83.1 Å². The van der Waals surface area contributed by atoms with Gasteiger partial charge in [0.1, 0.15) is 34.9 Å². The number of nitrogens with two attached hydrogens (primary N) is 1. The van der Waals surface area contributed by atoms with Crippen molar-refractivity contribution in [2.24, 2.45) is 5.41 Å². The molecule has 4 aromatic rings. The number of β-amino-alcohol motifs (C(OH)–C–C–N with tert-alkyl or cyclic N) is 1. The first-order valence-electron chi connectivity index (χ1n) is 23.8. The fourth-order valence-corrected chi connectivity index (χ4v) is 10.2. The van der Waals surface area contributed by atoms with Gasteiger partial charge >= 0.3 is 6.09 Å². The predicted molar refractivity (Wildman–Crippen MR) is 278 cm³/mol. The summed E-state index contributed by atoms with van der Waals surface area (Å²) in [5.74, 6) is -2.01. The molecule has 2 aromatic heterocycles. The van der Waals surface area contributed by atoms with Gasteiger partial charge in [-0.3, -0.25) is 24.0 Å². The molecule has 19 nitrogen and oxygen atoms in total. The maximum atomic E-state index is 14.1. The summed E-state index contributed by atoms with van der Waals surface area (Å²) in [5.41, 5.74) is 9.40. The lowest BCUT2D eigenvalue weighted by molar-refractivity contribution is -0.144. The van der Waals surface area contributed by atoms with E-state index in [0.29, 0.717) is 41.7 Å². The number of nitrogens with one attached hydrogen (secondary N) is 5. The minimum Gasteiger partial charge on any atom is -0.444 e. The molecule has 2 aromatic carbocycles. The van der Waals surface area contributed by atoms with E-state index in [-0.39, 0.29) is 42.5 Å². The number of nitrogen functional groups attached to an aromatic ring is 1. The summed E-state index contributed by atoms with van der Waals surface area (Å²) in [5, 5.41) is 25.3. The Morgan fingerprint density at radius 2 is 1.68 bits per heavy atom. The van der Waals surface area contributed by atoms with E-state index in [0.717, 1.165) is 33.5 Å². The third-order valence-electron chi connectivity index (χ3n) is 12.2. The van der Waals surface area contributed by atoms with Gasteiger partial charge in [0, 0.05) is 49.5 Å². The van der Waals surface area contributed by atoms with Crippen molar-refractivity contribution in [1.82, 2.24) is 41.1 Å². The number of carbonyl (C=O) groups is 6. The fraction of sp³-hybridized carbons (Fsp3) is 0.500. The van der Waals surface area contributed by atoms with Crippen LogP contribution in [0.3, 0.4) is 0 Å². The molecule has 72 heavy (non-hydrogen) atoms. The summed E-state index contributed by atoms with van der Waals surface area (Å²) in [6.45, 7) is 17.6. The molecule has 6 amide bonds. The van der Waals surface area contributed by atoms with E-state index in [1.807, 2.05) is 70.7 Å². The van der Waals surface area contributed by atoms with E-state index in [9.17, 15) is 33.9 Å². The summed E-state index contributed by atoms with van der Waals surface area (Å²) in [6.07, 6.45) is 0.804. The average Bonchev–Trinajstić information content (AvgIpc) is 3.91. The molecule has 2 fully saturated rings. The first kappa shape index (κ1) is 55.3. The van der Waals surface area contributed by atoms with Crippen molar-refractivity contribution in [3.63, 3.8) is 0 Å². The summed E-state index contributed by atoms with van der Waals surface area (Å²) in [4.78, 5) is 97.7. The highest BCUT2D eigenvalue weighted by atomic mass is 35.5. The summed E-state index contributed by atoms with van der Waals surface area (Å²) in [6, 6.07) is 10.4. The Morgan fingerprint density at radius 1 is 0.986 bits per heavy atom. The molecule has 8 N–H and O–H groups in total. The number of thiazole rings is 1. The maximum Gasteiger partial charge on any atom is 0.408 e. The number of nitrogens with zero attached hydrogens (tertiary/aromatic N) is 5. The highest BCUT2D eigenvalue weighted by Crippen LogP contribution is 2.39. The second-order valence-corrected chi connectivity index (χ2v) is 22.8. The van der Waals surface area contributed by atoms with Crippen molar-refractivity contribution in [2.45, 2.75) is 140 Å².